The minimum Gasteiger partial charge on any atom is -0.378 e. The smallest absolute Gasteiger partial charge is 0.0607 e. The van der Waals surface area contributed by atoms with Gasteiger partial charge in [0.1, 0.15) is 0 Å². The van der Waals surface area contributed by atoms with E-state index in [-0.39, 0.29) is 5.60 Å². The van der Waals surface area contributed by atoms with Gasteiger partial charge in [-0.1, -0.05) is 32.6 Å². The maximum Gasteiger partial charge on any atom is 0.0607 e. The van der Waals surface area contributed by atoms with Gasteiger partial charge in [0.15, 0.2) is 0 Å². The molecule has 2 unspecified atom stereocenters. The van der Waals surface area contributed by atoms with Crippen molar-refractivity contribution in [2.24, 2.45) is 0 Å². The second-order valence-corrected chi connectivity index (χ2v) is 6.93. The maximum absolute atomic E-state index is 6.09. The molecule has 0 aromatic rings. The van der Waals surface area contributed by atoms with Crippen LogP contribution in [0.4, 0.5) is 0 Å². The predicted molar refractivity (Wildman–Crippen MR) is 81.6 cm³/mol. The molecular formula is C17H34O2. The van der Waals surface area contributed by atoms with Crippen molar-refractivity contribution in [2.75, 3.05) is 6.61 Å². The van der Waals surface area contributed by atoms with Gasteiger partial charge in [0, 0.05) is 6.61 Å². The first-order valence-electron chi connectivity index (χ1n) is 8.30. The predicted octanol–water partition coefficient (Wildman–Crippen LogP) is 5.10. The normalized spacial score (nSPS) is 24.6. The van der Waals surface area contributed by atoms with Crippen molar-refractivity contribution >= 4 is 0 Å². The molecule has 2 atom stereocenters. The SMILES string of the molecule is CCCCCCCOC1CCCC(OC(C)(C)C)C1. The van der Waals surface area contributed by atoms with Crippen molar-refractivity contribution in [1.29, 1.82) is 0 Å². The van der Waals surface area contributed by atoms with E-state index in [1.54, 1.807) is 0 Å². The van der Waals surface area contributed by atoms with E-state index < -0.39 is 0 Å². The summed E-state index contributed by atoms with van der Waals surface area (Å²) in [6, 6.07) is 0. The molecule has 0 saturated heterocycles. The summed E-state index contributed by atoms with van der Waals surface area (Å²) in [6.07, 6.45) is 12.2. The first-order chi connectivity index (χ1) is 9.01. The van der Waals surface area contributed by atoms with Gasteiger partial charge in [0.25, 0.3) is 0 Å². The van der Waals surface area contributed by atoms with Crippen LogP contribution in [0.5, 0.6) is 0 Å². The van der Waals surface area contributed by atoms with Gasteiger partial charge in [0.2, 0.25) is 0 Å². The van der Waals surface area contributed by atoms with Crippen LogP contribution in [0, 0.1) is 0 Å². The Morgan fingerprint density at radius 1 is 0.947 bits per heavy atom. The van der Waals surface area contributed by atoms with Crippen LogP contribution in [0.1, 0.15) is 85.5 Å². The highest BCUT2D eigenvalue weighted by molar-refractivity contribution is 4.76. The molecule has 2 nitrogen and oxygen atoms in total. The third-order valence-electron chi connectivity index (χ3n) is 3.70. The first kappa shape index (κ1) is 17.0. The highest BCUT2D eigenvalue weighted by Crippen LogP contribution is 2.27. The van der Waals surface area contributed by atoms with Crippen LogP contribution >= 0.6 is 0 Å². The van der Waals surface area contributed by atoms with E-state index >= 15 is 0 Å². The lowest BCUT2D eigenvalue weighted by atomic mass is 9.94. The third kappa shape index (κ3) is 8.65. The summed E-state index contributed by atoms with van der Waals surface area (Å²) in [5.41, 5.74) is -0.0211. The van der Waals surface area contributed by atoms with Crippen molar-refractivity contribution in [3.05, 3.63) is 0 Å². The number of hydrogen-bond acceptors (Lipinski definition) is 2. The summed E-state index contributed by atoms with van der Waals surface area (Å²) in [5.74, 6) is 0. The van der Waals surface area contributed by atoms with Crippen LogP contribution in [-0.4, -0.2) is 24.4 Å². The molecule has 19 heavy (non-hydrogen) atoms. The summed E-state index contributed by atoms with van der Waals surface area (Å²) in [5, 5.41) is 0. The van der Waals surface area contributed by atoms with Crippen molar-refractivity contribution in [3.63, 3.8) is 0 Å². The van der Waals surface area contributed by atoms with Gasteiger partial charge in [0.05, 0.1) is 17.8 Å². The van der Waals surface area contributed by atoms with E-state index in [4.69, 9.17) is 9.47 Å². The fraction of sp³-hybridized carbons (Fsp3) is 1.00. The highest BCUT2D eigenvalue weighted by Gasteiger charge is 2.26. The monoisotopic (exact) mass is 270 g/mol. The number of unbranched alkanes of at least 4 members (excludes halogenated alkanes) is 4. The molecule has 0 aliphatic heterocycles. The van der Waals surface area contributed by atoms with Gasteiger partial charge in [-0.15, -0.1) is 0 Å². The summed E-state index contributed by atoms with van der Waals surface area (Å²) >= 11 is 0. The van der Waals surface area contributed by atoms with Crippen LogP contribution in [0.25, 0.3) is 0 Å². The zero-order valence-corrected chi connectivity index (χ0v) is 13.5. The lowest BCUT2D eigenvalue weighted by Gasteiger charge is -2.34. The van der Waals surface area contributed by atoms with E-state index in [1.165, 1.54) is 51.4 Å². The zero-order valence-electron chi connectivity index (χ0n) is 13.5. The molecule has 0 radical (unpaired) electrons. The van der Waals surface area contributed by atoms with Gasteiger partial charge in [-0.25, -0.2) is 0 Å². The van der Waals surface area contributed by atoms with E-state index in [0.29, 0.717) is 12.2 Å². The summed E-state index contributed by atoms with van der Waals surface area (Å²) < 4.78 is 12.1. The van der Waals surface area contributed by atoms with E-state index in [0.717, 1.165) is 13.0 Å². The molecule has 1 saturated carbocycles. The Balaban J connectivity index is 2.10. The van der Waals surface area contributed by atoms with Crippen molar-refractivity contribution in [1.82, 2.24) is 0 Å². The van der Waals surface area contributed by atoms with E-state index in [1.807, 2.05) is 0 Å². The van der Waals surface area contributed by atoms with Gasteiger partial charge in [-0.05, 0) is 52.9 Å². The Hall–Kier alpha value is -0.0800. The van der Waals surface area contributed by atoms with Crippen LogP contribution in [0.2, 0.25) is 0 Å². The average molecular weight is 270 g/mol. The van der Waals surface area contributed by atoms with Gasteiger partial charge < -0.3 is 9.47 Å². The number of ether oxygens (including phenoxy) is 2. The summed E-state index contributed by atoms with van der Waals surface area (Å²) in [6.45, 7) is 9.63. The van der Waals surface area contributed by atoms with Crippen LogP contribution in [-0.2, 0) is 9.47 Å². The fourth-order valence-corrected chi connectivity index (χ4v) is 2.82. The van der Waals surface area contributed by atoms with Gasteiger partial charge in [-0.3, -0.25) is 0 Å². The molecule has 0 amide bonds. The largest absolute Gasteiger partial charge is 0.378 e. The van der Waals surface area contributed by atoms with Crippen LogP contribution in [0.3, 0.4) is 0 Å². The van der Waals surface area contributed by atoms with Crippen molar-refractivity contribution in [2.45, 2.75) is 103 Å². The van der Waals surface area contributed by atoms with E-state index in [9.17, 15) is 0 Å². The Morgan fingerprint density at radius 3 is 2.32 bits per heavy atom. The highest BCUT2D eigenvalue weighted by atomic mass is 16.5. The molecule has 1 fully saturated rings. The molecule has 0 heterocycles. The molecule has 2 heteroatoms. The topological polar surface area (TPSA) is 18.5 Å². The Labute approximate surface area is 120 Å². The molecule has 1 aliphatic rings. The molecule has 114 valence electrons. The molecule has 0 aromatic heterocycles. The summed E-state index contributed by atoms with van der Waals surface area (Å²) in [7, 11) is 0. The number of hydrogen-bond donors (Lipinski definition) is 0. The molecule has 0 aromatic carbocycles. The maximum atomic E-state index is 6.09. The molecular weight excluding hydrogens is 236 g/mol. The average Bonchev–Trinajstić information content (AvgIpc) is 2.32. The summed E-state index contributed by atoms with van der Waals surface area (Å²) in [4.78, 5) is 0. The molecule has 0 spiro atoms. The standard InChI is InChI=1S/C17H34O2/c1-5-6-7-8-9-13-18-15-11-10-12-16(14-15)19-17(2,3)4/h15-16H,5-14H2,1-4H3. The minimum atomic E-state index is -0.0211. The lowest BCUT2D eigenvalue weighted by molar-refractivity contribution is -0.103. The fourth-order valence-electron chi connectivity index (χ4n) is 2.82. The zero-order chi connectivity index (χ0) is 14.1. The first-order valence-corrected chi connectivity index (χ1v) is 8.30. The molecule has 1 rings (SSSR count). The van der Waals surface area contributed by atoms with Crippen LogP contribution in [0.15, 0.2) is 0 Å². The molecule has 1 aliphatic carbocycles. The van der Waals surface area contributed by atoms with Gasteiger partial charge >= 0.3 is 0 Å². The second kappa shape index (κ2) is 8.97. The third-order valence-corrected chi connectivity index (χ3v) is 3.70. The molecule has 0 bridgehead atoms. The number of rotatable bonds is 8. The van der Waals surface area contributed by atoms with E-state index in [2.05, 4.69) is 27.7 Å². The van der Waals surface area contributed by atoms with Crippen LogP contribution < -0.4 is 0 Å². The Kier molecular flexibility index (Phi) is 8.01. The Bertz CT molecular complexity index is 220. The Morgan fingerprint density at radius 2 is 1.63 bits per heavy atom. The van der Waals surface area contributed by atoms with Gasteiger partial charge in [-0.2, -0.15) is 0 Å². The second-order valence-electron chi connectivity index (χ2n) is 6.93. The minimum absolute atomic E-state index is 0.0211. The lowest BCUT2D eigenvalue weighted by Crippen LogP contribution is -2.34. The van der Waals surface area contributed by atoms with Crippen molar-refractivity contribution in [3.8, 4) is 0 Å². The van der Waals surface area contributed by atoms with Crippen molar-refractivity contribution < 1.29 is 9.47 Å². The quantitative estimate of drug-likeness (QED) is 0.571. The molecule has 0 N–H and O–H groups in total.